The molecule has 2 heterocycles. The predicted molar refractivity (Wildman–Crippen MR) is 111 cm³/mol. The van der Waals surface area contributed by atoms with Crippen LogP contribution in [0.2, 0.25) is 0 Å². The van der Waals surface area contributed by atoms with Gasteiger partial charge >= 0.3 is 0 Å². The second kappa shape index (κ2) is 8.09. The van der Waals surface area contributed by atoms with Crippen molar-refractivity contribution in [2.75, 3.05) is 6.54 Å². The molecule has 4 rings (SSSR count). The lowest BCUT2D eigenvalue weighted by molar-refractivity contribution is -0.121. The van der Waals surface area contributed by atoms with Crippen molar-refractivity contribution in [3.8, 4) is 0 Å². The van der Waals surface area contributed by atoms with Crippen molar-refractivity contribution >= 4 is 11.6 Å². The number of benzene rings is 2. The third-order valence-corrected chi connectivity index (χ3v) is 4.87. The highest BCUT2D eigenvalue weighted by molar-refractivity contribution is 5.87. The van der Waals surface area contributed by atoms with Gasteiger partial charge in [0.15, 0.2) is 0 Å². The van der Waals surface area contributed by atoms with E-state index in [2.05, 4.69) is 29.4 Å². The van der Waals surface area contributed by atoms with Crippen molar-refractivity contribution in [1.82, 2.24) is 14.7 Å². The van der Waals surface area contributed by atoms with Crippen molar-refractivity contribution in [2.45, 2.75) is 19.3 Å². The van der Waals surface area contributed by atoms with E-state index in [4.69, 9.17) is 0 Å². The van der Waals surface area contributed by atoms with Crippen LogP contribution in [0, 0.1) is 6.92 Å². The summed E-state index contributed by atoms with van der Waals surface area (Å²) in [5.41, 5.74) is 5.09. The molecular formula is C24H23N3O. The summed E-state index contributed by atoms with van der Waals surface area (Å²) in [6, 6.07) is 23.9. The van der Waals surface area contributed by atoms with E-state index < -0.39 is 0 Å². The molecule has 0 aliphatic rings. The normalized spacial score (nSPS) is 11.1. The Balaban J connectivity index is 1.47. The molecule has 1 amide bonds. The summed E-state index contributed by atoms with van der Waals surface area (Å²) in [7, 11) is 0. The van der Waals surface area contributed by atoms with Crippen LogP contribution in [0.15, 0.2) is 85.2 Å². The third-order valence-electron chi connectivity index (χ3n) is 4.87. The molecule has 0 fully saturated rings. The van der Waals surface area contributed by atoms with Crippen LogP contribution < -0.4 is 5.32 Å². The van der Waals surface area contributed by atoms with E-state index in [-0.39, 0.29) is 11.8 Å². The van der Waals surface area contributed by atoms with Gasteiger partial charge in [0.25, 0.3) is 0 Å². The minimum atomic E-state index is -0.314. The maximum Gasteiger partial charge on any atom is 0.232 e. The van der Waals surface area contributed by atoms with Crippen LogP contribution in [0.25, 0.3) is 5.65 Å². The SMILES string of the molecule is Cc1ccn2cc(CCNC(=O)C(c3ccccc3)c3ccccc3)nc2c1. The van der Waals surface area contributed by atoms with E-state index in [1.165, 1.54) is 5.56 Å². The van der Waals surface area contributed by atoms with Gasteiger partial charge in [-0.05, 0) is 35.7 Å². The molecular weight excluding hydrogens is 346 g/mol. The Morgan fingerprint density at radius 2 is 1.64 bits per heavy atom. The fraction of sp³-hybridized carbons (Fsp3) is 0.167. The lowest BCUT2D eigenvalue weighted by Crippen LogP contribution is -2.31. The zero-order chi connectivity index (χ0) is 19.3. The highest BCUT2D eigenvalue weighted by atomic mass is 16.1. The van der Waals surface area contributed by atoms with E-state index in [9.17, 15) is 4.79 Å². The number of imidazole rings is 1. The van der Waals surface area contributed by atoms with Gasteiger partial charge in [0, 0.05) is 25.4 Å². The number of carbonyl (C=O) groups is 1. The van der Waals surface area contributed by atoms with Crippen LogP contribution >= 0.6 is 0 Å². The Bertz CT molecular complexity index is 1030. The second-order valence-electron chi connectivity index (χ2n) is 7.00. The van der Waals surface area contributed by atoms with Gasteiger partial charge in [0.2, 0.25) is 5.91 Å². The molecule has 0 unspecified atom stereocenters. The maximum atomic E-state index is 13.0. The molecule has 0 bridgehead atoms. The molecule has 2 aromatic heterocycles. The van der Waals surface area contributed by atoms with E-state index >= 15 is 0 Å². The Labute approximate surface area is 164 Å². The van der Waals surface area contributed by atoms with Crippen LogP contribution in [0.4, 0.5) is 0 Å². The summed E-state index contributed by atoms with van der Waals surface area (Å²) < 4.78 is 2.01. The minimum Gasteiger partial charge on any atom is -0.355 e. The smallest absolute Gasteiger partial charge is 0.232 e. The number of pyridine rings is 1. The second-order valence-corrected chi connectivity index (χ2v) is 7.00. The number of hydrogen-bond acceptors (Lipinski definition) is 2. The molecule has 0 saturated carbocycles. The average molecular weight is 369 g/mol. The van der Waals surface area contributed by atoms with Crippen molar-refractivity contribution in [3.05, 3.63) is 108 Å². The number of hydrogen-bond donors (Lipinski definition) is 1. The zero-order valence-electron chi connectivity index (χ0n) is 15.9. The predicted octanol–water partition coefficient (Wildman–Crippen LogP) is 4.13. The Kier molecular flexibility index (Phi) is 5.20. The third kappa shape index (κ3) is 3.96. The van der Waals surface area contributed by atoms with Gasteiger partial charge in [0.1, 0.15) is 5.65 Å². The summed E-state index contributed by atoms with van der Waals surface area (Å²) in [6.07, 6.45) is 4.73. The minimum absolute atomic E-state index is 0.0111. The lowest BCUT2D eigenvalue weighted by atomic mass is 9.90. The molecule has 0 radical (unpaired) electrons. The molecule has 4 heteroatoms. The molecule has 28 heavy (non-hydrogen) atoms. The fourth-order valence-electron chi connectivity index (χ4n) is 3.46. The topological polar surface area (TPSA) is 46.4 Å². The number of fused-ring (bicyclic) bond motifs is 1. The van der Waals surface area contributed by atoms with Gasteiger partial charge in [-0.15, -0.1) is 0 Å². The maximum absolute atomic E-state index is 13.0. The summed E-state index contributed by atoms with van der Waals surface area (Å²) in [5.74, 6) is -0.303. The van der Waals surface area contributed by atoms with Gasteiger partial charge in [0.05, 0.1) is 11.6 Å². The van der Waals surface area contributed by atoms with Crippen molar-refractivity contribution in [3.63, 3.8) is 0 Å². The number of nitrogens with one attached hydrogen (secondary N) is 1. The first kappa shape index (κ1) is 18.0. The van der Waals surface area contributed by atoms with Gasteiger partial charge in [-0.3, -0.25) is 4.79 Å². The highest BCUT2D eigenvalue weighted by Gasteiger charge is 2.22. The van der Waals surface area contributed by atoms with Crippen LogP contribution in [-0.2, 0) is 11.2 Å². The zero-order valence-corrected chi connectivity index (χ0v) is 15.9. The number of nitrogens with zero attached hydrogens (tertiary/aromatic N) is 2. The van der Waals surface area contributed by atoms with Crippen LogP contribution in [0.3, 0.4) is 0 Å². The Morgan fingerprint density at radius 3 is 2.29 bits per heavy atom. The van der Waals surface area contributed by atoms with Gasteiger partial charge in [-0.2, -0.15) is 0 Å². The van der Waals surface area contributed by atoms with E-state index in [1.54, 1.807) is 0 Å². The fourth-order valence-corrected chi connectivity index (χ4v) is 3.46. The van der Waals surface area contributed by atoms with E-state index in [0.29, 0.717) is 13.0 Å². The molecule has 1 N–H and O–H groups in total. The monoisotopic (exact) mass is 369 g/mol. The first-order valence-corrected chi connectivity index (χ1v) is 9.52. The first-order chi connectivity index (χ1) is 13.7. The molecule has 4 nitrogen and oxygen atoms in total. The van der Waals surface area contributed by atoms with Gasteiger partial charge in [-0.25, -0.2) is 4.98 Å². The average Bonchev–Trinajstić information content (AvgIpc) is 3.11. The standard InChI is InChI=1S/C24H23N3O/c1-18-13-15-27-17-21(26-22(27)16-18)12-14-25-24(28)23(19-8-4-2-5-9-19)20-10-6-3-7-11-20/h2-11,13,15-17,23H,12,14H2,1H3,(H,25,28). The number of rotatable bonds is 6. The molecule has 0 atom stereocenters. The molecule has 0 saturated heterocycles. The number of amides is 1. The Hall–Kier alpha value is -3.40. The van der Waals surface area contributed by atoms with Crippen LogP contribution in [-0.4, -0.2) is 21.8 Å². The summed E-state index contributed by atoms with van der Waals surface area (Å²) >= 11 is 0. The quantitative estimate of drug-likeness (QED) is 0.555. The summed E-state index contributed by atoms with van der Waals surface area (Å²) in [4.78, 5) is 17.7. The molecule has 4 aromatic rings. The molecule has 0 aliphatic carbocycles. The van der Waals surface area contributed by atoms with Crippen molar-refractivity contribution in [2.24, 2.45) is 0 Å². The summed E-state index contributed by atoms with van der Waals surface area (Å²) in [6.45, 7) is 2.61. The Morgan fingerprint density at radius 1 is 1.00 bits per heavy atom. The highest BCUT2D eigenvalue weighted by Crippen LogP contribution is 2.24. The number of aromatic nitrogens is 2. The number of carbonyl (C=O) groups excluding carboxylic acids is 1. The largest absolute Gasteiger partial charge is 0.355 e. The first-order valence-electron chi connectivity index (χ1n) is 9.52. The van der Waals surface area contributed by atoms with Gasteiger partial charge in [-0.1, -0.05) is 60.7 Å². The molecule has 0 spiro atoms. The van der Waals surface area contributed by atoms with E-state index in [1.807, 2.05) is 77.5 Å². The molecule has 140 valence electrons. The van der Waals surface area contributed by atoms with Crippen molar-refractivity contribution < 1.29 is 4.79 Å². The number of aryl methyl sites for hydroxylation is 1. The molecule has 0 aliphatic heterocycles. The summed E-state index contributed by atoms with van der Waals surface area (Å²) in [5, 5.41) is 3.10. The van der Waals surface area contributed by atoms with Crippen LogP contribution in [0.5, 0.6) is 0 Å². The molecule has 2 aromatic carbocycles. The lowest BCUT2D eigenvalue weighted by Gasteiger charge is -2.17. The van der Waals surface area contributed by atoms with Gasteiger partial charge < -0.3 is 9.72 Å². The van der Waals surface area contributed by atoms with Crippen molar-refractivity contribution in [1.29, 1.82) is 0 Å². The van der Waals surface area contributed by atoms with Crippen LogP contribution in [0.1, 0.15) is 28.3 Å². The van der Waals surface area contributed by atoms with E-state index in [0.717, 1.165) is 22.5 Å².